The Balaban J connectivity index is -0.0000000109. The minimum Gasteiger partial charge on any atom is -1.00 e. The van der Waals surface area contributed by atoms with Crippen LogP contribution in [0.3, 0.4) is 0 Å². The van der Waals surface area contributed by atoms with E-state index in [0.29, 0.717) is 0 Å². The van der Waals surface area contributed by atoms with Crippen LogP contribution in [0.15, 0.2) is 0 Å². The molecule has 0 aromatic rings. The second-order valence-electron chi connectivity index (χ2n) is 2.95. The van der Waals surface area contributed by atoms with Crippen molar-refractivity contribution < 1.29 is 144 Å². The zero-order valence-corrected chi connectivity index (χ0v) is 24.3. The van der Waals surface area contributed by atoms with Crippen LogP contribution in [0.2, 0.25) is 0 Å². The third kappa shape index (κ3) is 38100. The van der Waals surface area contributed by atoms with Gasteiger partial charge in [0.15, 0.2) is 0 Å². The summed E-state index contributed by atoms with van der Waals surface area (Å²) in [4.78, 5) is 53.3. The summed E-state index contributed by atoms with van der Waals surface area (Å²) in [5.74, 6) is -6.50. The maximum atomic E-state index is 8.89. The number of carboxylic acid groups (broad SMARTS) is 6. The number of rotatable bonds is 0. The Morgan fingerprint density at radius 1 is 0.387 bits per heavy atom. The molecule has 0 bridgehead atoms. The number of carbonyl (C=O) groups excluding carboxylic acids is 6. The van der Waals surface area contributed by atoms with Gasteiger partial charge in [-0.1, -0.05) is 0 Å². The van der Waals surface area contributed by atoms with E-state index in [2.05, 4.69) is 0 Å². The molecule has 0 aliphatic carbocycles. The summed E-state index contributed by atoms with van der Waals surface area (Å²) in [7, 11) is 0. The largest absolute Gasteiger partial charge is 2.00 e. The van der Waals surface area contributed by atoms with Gasteiger partial charge in [0.2, 0.25) is 0 Å². The zero-order chi connectivity index (χ0) is 21.5. The van der Waals surface area contributed by atoms with Gasteiger partial charge >= 0.3 is 50.9 Å². The summed E-state index contributed by atoms with van der Waals surface area (Å²) in [6.07, 6.45) is 0. The van der Waals surface area contributed by atoms with Gasteiger partial charge in [-0.3, -0.25) is 0 Å². The van der Waals surface area contributed by atoms with E-state index < -0.39 is 35.8 Å². The van der Waals surface area contributed by atoms with Gasteiger partial charge in [-0.25, -0.2) is 0 Å². The summed E-state index contributed by atoms with van der Waals surface area (Å²) in [5.41, 5.74) is 0. The normalized spacial score (nSPS) is 4.84. The van der Waals surface area contributed by atoms with Gasteiger partial charge in [0.05, 0.1) is 0 Å². The van der Waals surface area contributed by atoms with Gasteiger partial charge in [0, 0.05) is 35.8 Å². The summed E-state index contributed by atoms with van der Waals surface area (Å²) in [5, 5.41) is 53.3. The van der Waals surface area contributed by atoms with Crippen molar-refractivity contribution in [3.8, 4) is 0 Å². The Kier molecular flexibility index (Phi) is 220. The van der Waals surface area contributed by atoms with Crippen molar-refractivity contribution in [2.75, 3.05) is 0 Å². The van der Waals surface area contributed by atoms with Crippen LogP contribution in [-0.2, 0) is 79.7 Å². The summed E-state index contributed by atoms with van der Waals surface area (Å²) in [6.45, 7) is 5.83. The summed E-state index contributed by atoms with van der Waals surface area (Å²) in [6, 6.07) is 0. The molecule has 0 saturated carbocycles. The standard InChI is InChI=1S/6C2H4O2.2BrH.Co.2Mn.2H3N/c6*1-2(3)4;;;;;;;/h6*1H3,(H,3,4);2*1H;;;;2*1H3/q;;;;;;;;3*+2;;/p-6. The van der Waals surface area contributed by atoms with Crippen LogP contribution in [0.4, 0.5) is 0 Å². The predicted molar refractivity (Wildman–Crippen MR) is 76.1 cm³/mol. The van der Waals surface area contributed by atoms with Gasteiger partial charge in [-0.2, -0.15) is 0 Å². The Morgan fingerprint density at radius 2 is 0.387 bits per heavy atom. The van der Waals surface area contributed by atoms with E-state index in [9.17, 15) is 0 Å². The molecule has 193 valence electrons. The molecule has 8 N–H and O–H groups in total. The fourth-order valence-corrected chi connectivity index (χ4v) is 0. The number of aliphatic carboxylic acids is 6. The average Bonchev–Trinajstić information content (AvgIpc) is 2.08. The van der Waals surface area contributed by atoms with Crippen LogP contribution in [-0.4, -0.2) is 35.8 Å². The second kappa shape index (κ2) is 78.5. The molecular formula is C12H26Br2CoMn2N2O12. The van der Waals surface area contributed by atoms with E-state index in [1.165, 1.54) is 0 Å². The van der Waals surface area contributed by atoms with E-state index in [-0.39, 0.29) is 97.2 Å². The third-order valence-electron chi connectivity index (χ3n) is 0. The van der Waals surface area contributed by atoms with Gasteiger partial charge in [-0.15, -0.1) is 0 Å². The molecule has 0 fully saturated rings. The molecule has 0 aliphatic rings. The molecule has 0 aliphatic heterocycles. The van der Waals surface area contributed by atoms with Crippen LogP contribution in [0.25, 0.3) is 0 Å². The number of halogens is 2. The molecule has 0 rings (SSSR count). The fraction of sp³-hybridized carbons (Fsp3) is 0.500. The smallest absolute Gasteiger partial charge is 1.00 e. The van der Waals surface area contributed by atoms with Crippen LogP contribution in [0, 0.1) is 0 Å². The average molecular weight is 719 g/mol. The van der Waals surface area contributed by atoms with Crippen molar-refractivity contribution in [3.05, 3.63) is 0 Å². The summed E-state index contributed by atoms with van der Waals surface area (Å²) < 4.78 is 0. The number of carboxylic acids is 6. The van der Waals surface area contributed by atoms with Crippen molar-refractivity contribution in [3.63, 3.8) is 0 Å². The second-order valence-corrected chi connectivity index (χ2v) is 2.95. The van der Waals surface area contributed by atoms with Gasteiger partial charge in [-0.05, 0) is 41.5 Å². The Morgan fingerprint density at radius 3 is 0.387 bits per heavy atom. The van der Waals surface area contributed by atoms with Crippen molar-refractivity contribution in [1.29, 1.82) is 0 Å². The minimum atomic E-state index is -1.08. The molecule has 0 saturated heterocycles. The van der Waals surface area contributed by atoms with E-state index in [4.69, 9.17) is 59.4 Å². The topological polar surface area (TPSA) is 314 Å². The number of hydrogen-bond donors (Lipinski definition) is 2. The van der Waals surface area contributed by atoms with Crippen molar-refractivity contribution in [1.82, 2.24) is 12.3 Å². The fourth-order valence-electron chi connectivity index (χ4n) is 0. The van der Waals surface area contributed by atoms with E-state index in [1.807, 2.05) is 0 Å². The zero-order valence-electron chi connectivity index (χ0n) is 17.7. The van der Waals surface area contributed by atoms with Crippen LogP contribution in [0.1, 0.15) is 41.5 Å². The van der Waals surface area contributed by atoms with E-state index in [1.54, 1.807) is 0 Å². The number of carbonyl (C=O) groups is 6. The predicted octanol–water partition coefficient (Wildman–Crippen LogP) is -12.7. The van der Waals surface area contributed by atoms with Crippen LogP contribution >= 0.6 is 0 Å². The Hall–Kier alpha value is -0.755. The first-order valence-corrected chi connectivity index (χ1v) is 5.45. The maximum Gasteiger partial charge on any atom is 2.00 e. The number of hydrogen-bond acceptors (Lipinski definition) is 12. The maximum absolute atomic E-state index is 8.89. The molecule has 0 unspecified atom stereocenters. The monoisotopic (exact) mass is 717 g/mol. The first kappa shape index (κ1) is 87.0. The van der Waals surface area contributed by atoms with Gasteiger partial charge in [0.25, 0.3) is 0 Å². The molecule has 0 aromatic heterocycles. The molecule has 19 heteroatoms. The SMILES string of the molecule is CC(=O)[O-].CC(=O)[O-].CC(=O)[O-].CC(=O)[O-].CC(=O)[O-].CC(=O)[O-].[Br-].[Br-].[Co+2].[Mn+2].[Mn+2].[NH4+].[NH4+]. The molecular weight excluding hydrogens is 693 g/mol. The van der Waals surface area contributed by atoms with E-state index >= 15 is 0 Å². The first-order chi connectivity index (χ1) is 10.4. The molecule has 3 radical (unpaired) electrons. The van der Waals surface area contributed by atoms with Gasteiger partial charge in [0.1, 0.15) is 0 Å². The third-order valence-corrected chi connectivity index (χ3v) is 0. The summed E-state index contributed by atoms with van der Waals surface area (Å²) >= 11 is 0. The van der Waals surface area contributed by atoms with E-state index in [0.717, 1.165) is 41.5 Å². The van der Waals surface area contributed by atoms with Gasteiger partial charge < -0.3 is 106 Å². The Bertz CT molecular complexity index is 293. The van der Waals surface area contributed by atoms with Crippen molar-refractivity contribution >= 4 is 35.8 Å². The molecule has 0 aromatic carbocycles. The van der Waals surface area contributed by atoms with Crippen LogP contribution < -0.4 is 76.9 Å². The quantitative estimate of drug-likeness (QED) is 0.221. The molecule has 0 heterocycles. The van der Waals surface area contributed by atoms with Crippen molar-refractivity contribution in [2.24, 2.45) is 0 Å². The van der Waals surface area contributed by atoms with Crippen molar-refractivity contribution in [2.45, 2.75) is 41.5 Å². The van der Waals surface area contributed by atoms with Crippen LogP contribution in [0.5, 0.6) is 0 Å². The molecule has 0 spiro atoms. The molecule has 0 amide bonds. The number of quaternary nitrogens is 2. The molecule has 14 nitrogen and oxygen atoms in total. The minimum absolute atomic E-state index is 0. The molecule has 31 heavy (non-hydrogen) atoms. The molecule has 0 atom stereocenters. The Labute approximate surface area is 232 Å². The first-order valence-electron chi connectivity index (χ1n) is 5.45.